The van der Waals surface area contributed by atoms with E-state index >= 15 is 0 Å². The van der Waals surface area contributed by atoms with Gasteiger partial charge in [-0.3, -0.25) is 4.72 Å². The third kappa shape index (κ3) is 3.12. The number of nitrogens with one attached hydrogen (secondary N) is 1. The lowest BCUT2D eigenvalue weighted by Gasteiger charge is -2.11. The molecule has 1 aliphatic rings. The van der Waals surface area contributed by atoms with Gasteiger partial charge >= 0.3 is 0 Å². The molecular weight excluding hydrogens is 300 g/mol. The smallest absolute Gasteiger partial charge is 0.237 e. The summed E-state index contributed by atoms with van der Waals surface area (Å²) in [6, 6.07) is 4.52. The second kappa shape index (κ2) is 4.67. The minimum atomic E-state index is -3.75. The molecule has 1 aromatic rings. The van der Waals surface area contributed by atoms with Crippen LogP contribution < -0.4 is 4.72 Å². The summed E-state index contributed by atoms with van der Waals surface area (Å²) in [5.74, 6) is -0.350. The number of hydrogen-bond acceptors (Lipinski definition) is 5. The highest BCUT2D eigenvalue weighted by molar-refractivity contribution is 7.97. The monoisotopic (exact) mass is 310 g/mol. The van der Waals surface area contributed by atoms with Gasteiger partial charge in [0.1, 0.15) is 11.0 Å². The highest BCUT2D eigenvalue weighted by Gasteiger charge is 2.37. The number of aromatic nitrogens is 1. The van der Waals surface area contributed by atoms with Crippen LogP contribution in [0, 0.1) is 0 Å². The zero-order valence-electron chi connectivity index (χ0n) is 9.21. The number of halogens is 1. The zero-order chi connectivity index (χ0) is 13.4. The lowest BCUT2D eigenvalue weighted by molar-refractivity contribution is 0.587. The fourth-order valence-corrected chi connectivity index (χ4v) is 5.89. The molecule has 100 valence electrons. The highest BCUT2D eigenvalue weighted by Crippen LogP contribution is 2.21. The summed E-state index contributed by atoms with van der Waals surface area (Å²) >= 11 is 5.64. The van der Waals surface area contributed by atoms with Crippen LogP contribution in [0.4, 0.5) is 5.82 Å². The fraction of sp³-hybridized carbons (Fsp3) is 0.444. The van der Waals surface area contributed by atoms with Gasteiger partial charge in [0.25, 0.3) is 0 Å². The van der Waals surface area contributed by atoms with Gasteiger partial charge in [0, 0.05) is 0 Å². The summed E-state index contributed by atoms with van der Waals surface area (Å²) in [5, 5.41) is -0.766. The molecule has 1 saturated heterocycles. The van der Waals surface area contributed by atoms with E-state index in [0.29, 0.717) is 0 Å². The van der Waals surface area contributed by atoms with E-state index in [9.17, 15) is 16.8 Å². The van der Waals surface area contributed by atoms with E-state index in [0.717, 1.165) is 0 Å². The van der Waals surface area contributed by atoms with Crippen LogP contribution in [0.1, 0.15) is 6.42 Å². The maximum absolute atomic E-state index is 11.9. The van der Waals surface area contributed by atoms with Crippen molar-refractivity contribution < 1.29 is 16.8 Å². The van der Waals surface area contributed by atoms with Crippen molar-refractivity contribution in [3.8, 4) is 0 Å². The van der Waals surface area contributed by atoms with Crippen molar-refractivity contribution in [1.82, 2.24) is 4.98 Å². The molecular formula is C9H11ClN2O4S2. The van der Waals surface area contributed by atoms with Crippen LogP contribution in [0.25, 0.3) is 0 Å². The first-order chi connectivity index (χ1) is 8.28. The summed E-state index contributed by atoms with van der Waals surface area (Å²) in [4.78, 5) is 3.79. The Morgan fingerprint density at radius 2 is 2.11 bits per heavy atom. The molecule has 1 aliphatic heterocycles. The van der Waals surface area contributed by atoms with E-state index in [1.807, 2.05) is 0 Å². The molecule has 1 aromatic heterocycles. The maximum Gasteiger partial charge on any atom is 0.237 e. The molecule has 18 heavy (non-hydrogen) atoms. The van der Waals surface area contributed by atoms with E-state index in [-0.39, 0.29) is 28.9 Å². The Hall–Kier alpha value is -0.860. The molecule has 0 aromatic carbocycles. The molecule has 2 rings (SSSR count). The summed E-state index contributed by atoms with van der Waals surface area (Å²) < 4.78 is 48.7. The standard InChI is InChI=1S/C9H11ClN2O4S2/c10-8-2-1-3-9(11-8)12-18(15,16)7-4-5-17(13,14)6-7/h1-3,7H,4-6H2,(H,11,12). The molecule has 0 amide bonds. The molecule has 1 N–H and O–H groups in total. The third-order valence-electron chi connectivity index (χ3n) is 2.59. The van der Waals surface area contributed by atoms with Gasteiger partial charge in [-0.25, -0.2) is 21.8 Å². The number of rotatable bonds is 3. The van der Waals surface area contributed by atoms with E-state index < -0.39 is 25.1 Å². The summed E-state index contributed by atoms with van der Waals surface area (Å²) in [7, 11) is -7.00. The van der Waals surface area contributed by atoms with Crippen LogP contribution in [0.3, 0.4) is 0 Å². The normalized spacial score (nSPS) is 22.8. The van der Waals surface area contributed by atoms with Crippen LogP contribution in [-0.2, 0) is 19.9 Å². The van der Waals surface area contributed by atoms with Gasteiger partial charge in [0.15, 0.2) is 9.84 Å². The molecule has 6 nitrogen and oxygen atoms in total. The van der Waals surface area contributed by atoms with Crippen LogP contribution in [0.2, 0.25) is 5.15 Å². The van der Waals surface area contributed by atoms with Gasteiger partial charge in [-0.2, -0.15) is 0 Å². The van der Waals surface area contributed by atoms with Gasteiger partial charge in [-0.1, -0.05) is 17.7 Å². The van der Waals surface area contributed by atoms with Crippen LogP contribution in [0.15, 0.2) is 18.2 Å². The minimum Gasteiger partial charge on any atom is -0.267 e. The second-order valence-corrected chi connectivity index (χ2v) is 8.59. The van der Waals surface area contributed by atoms with Crippen molar-refractivity contribution in [2.45, 2.75) is 11.7 Å². The minimum absolute atomic E-state index is 0.0896. The Morgan fingerprint density at radius 1 is 1.39 bits per heavy atom. The lowest BCUT2D eigenvalue weighted by Crippen LogP contribution is -2.29. The Morgan fingerprint density at radius 3 is 2.67 bits per heavy atom. The van der Waals surface area contributed by atoms with Crippen molar-refractivity contribution in [3.63, 3.8) is 0 Å². The average Bonchev–Trinajstić information content (AvgIpc) is 2.59. The molecule has 2 heterocycles. The Bertz CT molecular complexity index is 657. The largest absolute Gasteiger partial charge is 0.267 e. The topological polar surface area (TPSA) is 93.2 Å². The first-order valence-corrected chi connectivity index (χ1v) is 8.88. The number of nitrogens with zero attached hydrogens (tertiary/aromatic N) is 1. The van der Waals surface area contributed by atoms with Crippen molar-refractivity contribution >= 4 is 37.3 Å². The molecule has 0 bridgehead atoms. The van der Waals surface area contributed by atoms with Gasteiger partial charge in [0.2, 0.25) is 10.0 Å². The first kappa shape index (κ1) is 13.6. The van der Waals surface area contributed by atoms with Gasteiger partial charge < -0.3 is 0 Å². The quantitative estimate of drug-likeness (QED) is 0.828. The highest BCUT2D eigenvalue weighted by atomic mass is 35.5. The summed E-state index contributed by atoms with van der Waals surface area (Å²) in [6.45, 7) is 0. The van der Waals surface area contributed by atoms with Crippen LogP contribution in [0.5, 0.6) is 0 Å². The zero-order valence-corrected chi connectivity index (χ0v) is 11.6. The molecule has 9 heteroatoms. The Kier molecular flexibility index (Phi) is 3.52. The maximum atomic E-state index is 11.9. The Balaban J connectivity index is 2.18. The average molecular weight is 311 g/mol. The van der Waals surface area contributed by atoms with Gasteiger partial charge in [-0.05, 0) is 18.6 Å². The van der Waals surface area contributed by atoms with E-state index in [1.54, 1.807) is 6.07 Å². The van der Waals surface area contributed by atoms with E-state index in [2.05, 4.69) is 9.71 Å². The van der Waals surface area contributed by atoms with Crippen molar-refractivity contribution in [1.29, 1.82) is 0 Å². The molecule has 0 saturated carbocycles. The predicted octanol–water partition coefficient (Wildman–Crippen LogP) is 0.664. The van der Waals surface area contributed by atoms with Crippen molar-refractivity contribution in [2.24, 2.45) is 0 Å². The Labute approximate surface area is 110 Å². The van der Waals surface area contributed by atoms with Gasteiger partial charge in [0.05, 0.1) is 16.8 Å². The fourth-order valence-electron chi connectivity index (χ4n) is 1.70. The molecule has 1 atom stereocenters. The van der Waals surface area contributed by atoms with Crippen LogP contribution in [-0.4, -0.2) is 38.6 Å². The summed E-state index contributed by atoms with van der Waals surface area (Å²) in [5.41, 5.74) is 0. The molecule has 1 unspecified atom stereocenters. The van der Waals surface area contributed by atoms with E-state index in [4.69, 9.17) is 11.6 Å². The van der Waals surface area contributed by atoms with Crippen molar-refractivity contribution in [3.05, 3.63) is 23.4 Å². The lowest BCUT2D eigenvalue weighted by atomic mass is 10.4. The number of sulfone groups is 1. The van der Waals surface area contributed by atoms with Crippen molar-refractivity contribution in [2.75, 3.05) is 16.2 Å². The number of hydrogen-bond donors (Lipinski definition) is 1. The molecule has 0 radical (unpaired) electrons. The predicted molar refractivity (Wildman–Crippen MR) is 68.8 cm³/mol. The number of pyridine rings is 1. The first-order valence-electron chi connectivity index (χ1n) is 5.13. The number of anilines is 1. The molecule has 0 aliphatic carbocycles. The van der Waals surface area contributed by atoms with E-state index in [1.165, 1.54) is 12.1 Å². The number of sulfonamides is 1. The SMILES string of the molecule is O=S1(=O)CCC(S(=O)(=O)Nc2cccc(Cl)n2)C1. The molecule has 1 fully saturated rings. The van der Waals surface area contributed by atoms with Gasteiger partial charge in [-0.15, -0.1) is 0 Å². The molecule has 0 spiro atoms. The van der Waals surface area contributed by atoms with Crippen LogP contribution >= 0.6 is 11.6 Å². The summed E-state index contributed by atoms with van der Waals surface area (Å²) in [6.07, 6.45) is 0.109. The third-order valence-corrected chi connectivity index (χ3v) is 6.55. The second-order valence-electron chi connectivity index (χ2n) is 4.02.